The molecule has 8 heteroatoms. The summed E-state index contributed by atoms with van der Waals surface area (Å²) in [6.07, 6.45) is 0. The molecule has 3 aromatic rings. The van der Waals surface area contributed by atoms with Gasteiger partial charge in [-0.05, 0) is 42.4 Å². The molecule has 2 aromatic heterocycles. The average molecular weight is 331 g/mol. The van der Waals surface area contributed by atoms with Crippen LogP contribution >= 0.6 is 11.3 Å². The number of hydrogen-bond acceptors (Lipinski definition) is 5. The summed E-state index contributed by atoms with van der Waals surface area (Å²) < 4.78 is 6.37. The van der Waals surface area contributed by atoms with Crippen molar-refractivity contribution in [1.29, 1.82) is 0 Å². The number of fused-ring (bicyclic) bond motifs is 1. The summed E-state index contributed by atoms with van der Waals surface area (Å²) in [5.41, 5.74) is 7.12. The van der Waals surface area contributed by atoms with Crippen molar-refractivity contribution in [3.05, 3.63) is 34.6 Å². The number of nitrogens with two attached hydrogens (primary N) is 1. The van der Waals surface area contributed by atoms with Crippen LogP contribution in [0.1, 0.15) is 13.8 Å². The van der Waals surface area contributed by atoms with Crippen LogP contribution in [0.5, 0.6) is 0 Å². The maximum atomic E-state index is 12.4. The van der Waals surface area contributed by atoms with Gasteiger partial charge < -0.3 is 5.73 Å². The van der Waals surface area contributed by atoms with Crippen LogP contribution in [0.15, 0.2) is 39.3 Å². The lowest BCUT2D eigenvalue weighted by Gasteiger charge is -2.07. The molecule has 0 aliphatic heterocycles. The summed E-state index contributed by atoms with van der Waals surface area (Å²) in [6, 6.07) is 8.02. The van der Waals surface area contributed by atoms with Crippen molar-refractivity contribution in [3.63, 3.8) is 0 Å². The molecular formula is C15H19N6OS+. The lowest BCUT2D eigenvalue weighted by molar-refractivity contribution is -0.627. The molecule has 7 nitrogen and oxygen atoms in total. The number of aromatic nitrogens is 3. The number of azo groups is 1. The standard InChI is InChI=1S/C15H18N6OS/c1-4-20-13(16)12(14(22)21(20)5-2)17-18-15-19(3)10-8-6-7-9-11(10)23-15/h6-9,16H,4-5H2,1-3H3/p+1. The van der Waals surface area contributed by atoms with Crippen LogP contribution < -0.4 is 15.9 Å². The fourth-order valence-electron chi connectivity index (χ4n) is 2.61. The molecule has 0 atom stereocenters. The Morgan fingerprint density at radius 1 is 1.17 bits per heavy atom. The van der Waals surface area contributed by atoms with E-state index in [1.165, 1.54) is 11.3 Å². The van der Waals surface area contributed by atoms with Gasteiger partial charge in [0.05, 0.1) is 16.9 Å². The van der Waals surface area contributed by atoms with Crippen LogP contribution in [0, 0.1) is 0 Å². The van der Waals surface area contributed by atoms with Crippen molar-refractivity contribution in [2.24, 2.45) is 17.3 Å². The quantitative estimate of drug-likeness (QED) is 0.589. The molecule has 0 saturated heterocycles. The van der Waals surface area contributed by atoms with Gasteiger partial charge in [-0.15, -0.1) is 0 Å². The molecule has 0 saturated carbocycles. The van der Waals surface area contributed by atoms with Gasteiger partial charge >= 0.3 is 5.13 Å². The van der Waals surface area contributed by atoms with E-state index < -0.39 is 0 Å². The van der Waals surface area contributed by atoms with Gasteiger partial charge in [-0.2, -0.15) is 0 Å². The van der Waals surface area contributed by atoms with Crippen molar-refractivity contribution in [1.82, 2.24) is 9.36 Å². The normalized spacial score (nSPS) is 11.8. The zero-order chi connectivity index (χ0) is 16.6. The van der Waals surface area contributed by atoms with Crippen LogP contribution in [0.25, 0.3) is 10.2 Å². The van der Waals surface area contributed by atoms with E-state index in [0.29, 0.717) is 18.9 Å². The van der Waals surface area contributed by atoms with Crippen LogP contribution in [0.2, 0.25) is 0 Å². The SMILES string of the molecule is CCn1c(N)c(N=Nc2sc3ccccc3[n+]2C)c(=O)n1CC. The van der Waals surface area contributed by atoms with E-state index in [2.05, 4.69) is 10.2 Å². The smallest absolute Gasteiger partial charge is 0.382 e. The van der Waals surface area contributed by atoms with Crippen LogP contribution in [0.3, 0.4) is 0 Å². The fourth-order valence-corrected chi connectivity index (χ4v) is 3.58. The number of nitrogens with zero attached hydrogens (tertiary/aromatic N) is 5. The number of thiazole rings is 1. The van der Waals surface area contributed by atoms with E-state index in [4.69, 9.17) is 5.73 Å². The molecule has 0 unspecified atom stereocenters. The van der Waals surface area contributed by atoms with E-state index >= 15 is 0 Å². The first-order chi connectivity index (χ1) is 11.1. The highest BCUT2D eigenvalue weighted by molar-refractivity contribution is 7.21. The summed E-state index contributed by atoms with van der Waals surface area (Å²) in [6.45, 7) is 5.00. The summed E-state index contributed by atoms with van der Waals surface area (Å²) in [4.78, 5) is 12.4. The number of nitrogen functional groups attached to an aromatic ring is 1. The van der Waals surface area contributed by atoms with Crippen molar-refractivity contribution < 1.29 is 4.57 Å². The summed E-state index contributed by atoms with van der Waals surface area (Å²) >= 11 is 1.52. The van der Waals surface area contributed by atoms with E-state index in [1.807, 2.05) is 49.7 Å². The predicted molar refractivity (Wildman–Crippen MR) is 91.6 cm³/mol. The Balaban J connectivity index is 2.07. The largest absolute Gasteiger partial charge is 0.409 e. The predicted octanol–water partition coefficient (Wildman–Crippen LogP) is 2.73. The Labute approximate surface area is 137 Å². The second kappa shape index (κ2) is 5.96. The molecule has 23 heavy (non-hydrogen) atoms. The lowest BCUT2D eigenvalue weighted by atomic mass is 10.3. The molecule has 1 aromatic carbocycles. The van der Waals surface area contributed by atoms with E-state index in [0.717, 1.165) is 15.3 Å². The first-order valence-corrected chi connectivity index (χ1v) is 8.28. The van der Waals surface area contributed by atoms with Crippen LogP contribution in [-0.4, -0.2) is 9.36 Å². The average Bonchev–Trinajstić information content (AvgIpc) is 3.00. The molecule has 3 rings (SSSR count). The van der Waals surface area contributed by atoms with E-state index in [-0.39, 0.29) is 11.2 Å². The minimum atomic E-state index is -0.209. The monoisotopic (exact) mass is 331 g/mol. The molecule has 0 aliphatic carbocycles. The van der Waals surface area contributed by atoms with E-state index in [1.54, 1.807) is 9.36 Å². The molecule has 2 N–H and O–H groups in total. The number of hydrogen-bond donors (Lipinski definition) is 1. The van der Waals surface area contributed by atoms with Gasteiger partial charge in [-0.25, -0.2) is 9.25 Å². The second-order valence-corrected chi connectivity index (χ2v) is 6.09. The highest BCUT2D eigenvalue weighted by atomic mass is 32.1. The molecule has 0 amide bonds. The van der Waals surface area contributed by atoms with Crippen molar-refractivity contribution in [2.75, 3.05) is 5.73 Å². The molecule has 0 bridgehead atoms. The summed E-state index contributed by atoms with van der Waals surface area (Å²) in [7, 11) is 1.93. The van der Waals surface area contributed by atoms with Gasteiger partial charge in [0, 0.05) is 13.1 Å². The fraction of sp³-hybridized carbons (Fsp3) is 0.333. The van der Waals surface area contributed by atoms with Crippen molar-refractivity contribution >= 4 is 38.2 Å². The Morgan fingerprint density at radius 2 is 1.87 bits per heavy atom. The lowest BCUT2D eigenvalue weighted by Crippen LogP contribution is -2.25. The van der Waals surface area contributed by atoms with Crippen LogP contribution in [-0.2, 0) is 20.1 Å². The Hall–Kier alpha value is -2.48. The number of benzene rings is 1. The Kier molecular flexibility index (Phi) is 3.99. The molecule has 0 spiro atoms. The maximum absolute atomic E-state index is 12.4. The zero-order valence-electron chi connectivity index (χ0n) is 13.4. The molecular weight excluding hydrogens is 312 g/mol. The minimum Gasteiger partial charge on any atom is -0.382 e. The molecule has 0 fully saturated rings. The second-order valence-electron chi connectivity index (χ2n) is 5.08. The van der Waals surface area contributed by atoms with Gasteiger partial charge in [-0.1, -0.05) is 12.1 Å². The van der Waals surface area contributed by atoms with E-state index in [9.17, 15) is 4.79 Å². The topological polar surface area (TPSA) is 81.6 Å². The summed E-state index contributed by atoms with van der Waals surface area (Å²) in [5, 5.41) is 9.12. The van der Waals surface area contributed by atoms with Crippen LogP contribution in [0.4, 0.5) is 16.6 Å². The first kappa shape index (κ1) is 15.4. The highest BCUT2D eigenvalue weighted by Crippen LogP contribution is 2.27. The van der Waals surface area contributed by atoms with Gasteiger partial charge in [0.1, 0.15) is 5.52 Å². The Morgan fingerprint density at radius 3 is 2.48 bits per heavy atom. The maximum Gasteiger partial charge on any atom is 0.409 e. The summed E-state index contributed by atoms with van der Waals surface area (Å²) in [5.74, 6) is 0.354. The number of rotatable bonds is 4. The third-order valence-corrected chi connectivity index (χ3v) is 4.90. The van der Waals surface area contributed by atoms with Gasteiger partial charge in [-0.3, -0.25) is 9.48 Å². The van der Waals surface area contributed by atoms with Gasteiger partial charge in [0.2, 0.25) is 5.69 Å². The highest BCUT2D eigenvalue weighted by Gasteiger charge is 2.20. The number of aryl methyl sites for hydroxylation is 1. The van der Waals surface area contributed by atoms with Gasteiger partial charge in [0.15, 0.2) is 5.82 Å². The molecule has 120 valence electrons. The third kappa shape index (κ3) is 2.44. The number of anilines is 1. The van der Waals surface area contributed by atoms with Crippen molar-refractivity contribution in [2.45, 2.75) is 26.9 Å². The first-order valence-electron chi connectivity index (χ1n) is 7.46. The molecule has 0 radical (unpaired) electrons. The Bertz CT molecular complexity index is 949. The number of para-hydroxylation sites is 1. The minimum absolute atomic E-state index is 0.200. The van der Waals surface area contributed by atoms with Gasteiger partial charge in [0.25, 0.3) is 5.56 Å². The third-order valence-electron chi connectivity index (χ3n) is 3.80. The molecule has 0 aliphatic rings. The van der Waals surface area contributed by atoms with Crippen molar-refractivity contribution in [3.8, 4) is 0 Å². The zero-order valence-corrected chi connectivity index (χ0v) is 14.2. The molecule has 2 heterocycles.